The quantitative estimate of drug-likeness (QED) is 0.622. The number of ether oxygens (including phenoxy) is 1. The van der Waals surface area contributed by atoms with E-state index >= 15 is 0 Å². The first kappa shape index (κ1) is 13.5. The van der Waals surface area contributed by atoms with Crippen molar-refractivity contribution in [1.82, 2.24) is 0 Å². The highest BCUT2D eigenvalue weighted by atomic mass is 16.5. The van der Waals surface area contributed by atoms with Crippen LogP contribution in [0, 0.1) is 0 Å². The number of carbonyl (C=O) groups is 2. The number of nitrogen functional groups attached to an aromatic ring is 2. The van der Waals surface area contributed by atoms with Crippen molar-refractivity contribution >= 4 is 34.1 Å². The summed E-state index contributed by atoms with van der Waals surface area (Å²) >= 11 is 0. The predicted octanol–water partition coefficient (Wildman–Crippen LogP) is 1.41. The summed E-state index contributed by atoms with van der Waals surface area (Å²) in [5.74, 6) is -2.42. The second kappa shape index (κ2) is 4.61. The zero-order valence-corrected chi connectivity index (χ0v) is 10.5. The molecule has 7 nitrogen and oxygen atoms in total. The highest BCUT2D eigenvalue weighted by Gasteiger charge is 2.22. The topological polar surface area (TPSA) is 136 Å². The predicted molar refractivity (Wildman–Crippen MR) is 73.2 cm³/mol. The van der Waals surface area contributed by atoms with Crippen LogP contribution in [0.1, 0.15) is 20.7 Å². The van der Waals surface area contributed by atoms with Crippen molar-refractivity contribution in [2.24, 2.45) is 0 Å². The smallest absolute Gasteiger partial charge is 0.336 e. The van der Waals surface area contributed by atoms with Gasteiger partial charge < -0.3 is 26.4 Å². The lowest BCUT2D eigenvalue weighted by atomic mass is 9.96. The molecule has 0 amide bonds. The number of nitrogens with two attached hydrogens (primary N) is 2. The molecule has 0 aliphatic heterocycles. The first-order valence-corrected chi connectivity index (χ1v) is 5.53. The minimum atomic E-state index is -1.29. The second-order valence-electron chi connectivity index (χ2n) is 4.10. The van der Waals surface area contributed by atoms with E-state index in [-0.39, 0.29) is 39.0 Å². The summed E-state index contributed by atoms with van der Waals surface area (Å²) < 4.78 is 5.01. The van der Waals surface area contributed by atoms with Crippen molar-refractivity contribution in [3.8, 4) is 5.75 Å². The van der Waals surface area contributed by atoms with Crippen LogP contribution in [-0.4, -0.2) is 29.3 Å². The summed E-state index contributed by atoms with van der Waals surface area (Å²) in [7, 11) is 1.33. The van der Waals surface area contributed by atoms with Crippen LogP contribution in [0.2, 0.25) is 0 Å². The van der Waals surface area contributed by atoms with Gasteiger partial charge in [-0.15, -0.1) is 0 Å². The zero-order chi connectivity index (χ0) is 15.0. The third-order valence-corrected chi connectivity index (χ3v) is 3.00. The van der Waals surface area contributed by atoms with Crippen LogP contribution in [0.25, 0.3) is 10.8 Å². The largest absolute Gasteiger partial charge is 0.495 e. The molecule has 0 aliphatic rings. The maximum Gasteiger partial charge on any atom is 0.336 e. The molecule has 0 heterocycles. The fraction of sp³-hybridized carbons (Fsp3) is 0.0769. The molecule has 104 valence electrons. The zero-order valence-electron chi connectivity index (χ0n) is 10.5. The maximum absolute atomic E-state index is 11.4. The Labute approximate surface area is 113 Å². The lowest BCUT2D eigenvalue weighted by molar-refractivity contribution is 0.0695. The Kier molecular flexibility index (Phi) is 3.11. The number of aromatic carboxylic acids is 2. The van der Waals surface area contributed by atoms with Crippen LogP contribution in [-0.2, 0) is 0 Å². The Hall–Kier alpha value is -2.96. The van der Waals surface area contributed by atoms with Crippen molar-refractivity contribution < 1.29 is 24.5 Å². The minimum absolute atomic E-state index is 0.0108. The summed E-state index contributed by atoms with van der Waals surface area (Å²) in [6.45, 7) is 0. The Morgan fingerprint density at radius 2 is 1.65 bits per heavy atom. The van der Waals surface area contributed by atoms with Gasteiger partial charge in [-0.1, -0.05) is 0 Å². The maximum atomic E-state index is 11.4. The molecule has 0 unspecified atom stereocenters. The fourth-order valence-electron chi connectivity index (χ4n) is 2.11. The van der Waals surface area contributed by atoms with Gasteiger partial charge in [0.25, 0.3) is 0 Å². The average Bonchev–Trinajstić information content (AvgIpc) is 2.38. The molecule has 2 aromatic carbocycles. The molecule has 2 rings (SSSR count). The number of benzene rings is 2. The Balaban J connectivity index is 3.10. The molecule has 0 radical (unpaired) electrons. The van der Waals surface area contributed by atoms with Crippen LogP contribution >= 0.6 is 0 Å². The first-order valence-electron chi connectivity index (χ1n) is 5.53. The van der Waals surface area contributed by atoms with Gasteiger partial charge in [0, 0.05) is 16.5 Å². The molecule has 0 saturated carbocycles. The number of anilines is 2. The second-order valence-corrected chi connectivity index (χ2v) is 4.10. The van der Waals surface area contributed by atoms with Gasteiger partial charge in [0.1, 0.15) is 5.75 Å². The number of fused-ring (bicyclic) bond motifs is 1. The van der Waals surface area contributed by atoms with Crippen LogP contribution < -0.4 is 16.2 Å². The molecule has 7 heteroatoms. The summed E-state index contributed by atoms with van der Waals surface area (Å²) in [6, 6.07) is 3.80. The number of carboxylic acid groups (broad SMARTS) is 2. The normalized spacial score (nSPS) is 10.4. The molecule has 0 bridgehead atoms. The summed E-state index contributed by atoms with van der Waals surface area (Å²) in [5.41, 5.74) is 11.6. The number of carboxylic acids is 2. The van der Waals surface area contributed by atoms with Gasteiger partial charge >= 0.3 is 11.9 Å². The van der Waals surface area contributed by atoms with Gasteiger partial charge in [-0.2, -0.15) is 0 Å². The SMILES string of the molecule is COc1cc(C(=O)O)c2c(C(=O)O)ccc(N)c2c1N. The van der Waals surface area contributed by atoms with E-state index in [2.05, 4.69) is 0 Å². The molecular formula is C13H12N2O5. The first-order chi connectivity index (χ1) is 9.38. The lowest BCUT2D eigenvalue weighted by Gasteiger charge is -2.14. The van der Waals surface area contributed by atoms with Crippen molar-refractivity contribution in [3.05, 3.63) is 29.3 Å². The molecule has 0 spiro atoms. The Bertz CT molecular complexity index is 739. The Morgan fingerprint density at radius 1 is 1.05 bits per heavy atom. The highest BCUT2D eigenvalue weighted by molar-refractivity contribution is 6.19. The average molecular weight is 276 g/mol. The van der Waals surface area contributed by atoms with Gasteiger partial charge in [-0.3, -0.25) is 0 Å². The molecule has 0 aromatic heterocycles. The van der Waals surface area contributed by atoms with Gasteiger partial charge in [0.2, 0.25) is 0 Å². The van der Waals surface area contributed by atoms with Crippen molar-refractivity contribution in [1.29, 1.82) is 0 Å². The number of hydrogen-bond acceptors (Lipinski definition) is 5. The van der Waals surface area contributed by atoms with Crippen molar-refractivity contribution in [3.63, 3.8) is 0 Å². The van der Waals surface area contributed by atoms with E-state index in [9.17, 15) is 19.8 Å². The van der Waals surface area contributed by atoms with Gasteiger partial charge in [-0.25, -0.2) is 9.59 Å². The number of hydrogen-bond donors (Lipinski definition) is 4. The summed E-state index contributed by atoms with van der Waals surface area (Å²) in [6.07, 6.45) is 0. The molecule has 0 fully saturated rings. The molecule has 6 N–H and O–H groups in total. The third-order valence-electron chi connectivity index (χ3n) is 3.00. The van der Waals surface area contributed by atoms with E-state index in [1.807, 2.05) is 0 Å². The van der Waals surface area contributed by atoms with Gasteiger partial charge in [-0.05, 0) is 18.2 Å². The fourth-order valence-corrected chi connectivity index (χ4v) is 2.11. The monoisotopic (exact) mass is 276 g/mol. The Morgan fingerprint density at radius 3 is 2.15 bits per heavy atom. The van der Waals surface area contributed by atoms with E-state index in [1.54, 1.807) is 0 Å². The summed E-state index contributed by atoms with van der Waals surface area (Å²) in [5, 5.41) is 18.6. The van der Waals surface area contributed by atoms with Crippen molar-refractivity contribution in [2.45, 2.75) is 0 Å². The van der Waals surface area contributed by atoms with E-state index in [1.165, 1.54) is 25.3 Å². The van der Waals surface area contributed by atoms with E-state index in [0.29, 0.717) is 0 Å². The lowest BCUT2D eigenvalue weighted by Crippen LogP contribution is -2.08. The van der Waals surface area contributed by atoms with Gasteiger partial charge in [0.05, 0.1) is 23.9 Å². The van der Waals surface area contributed by atoms with Crippen LogP contribution in [0.3, 0.4) is 0 Å². The molecule has 0 atom stereocenters. The van der Waals surface area contributed by atoms with Crippen molar-refractivity contribution in [2.75, 3.05) is 18.6 Å². The molecule has 0 aliphatic carbocycles. The number of methoxy groups -OCH3 is 1. The van der Waals surface area contributed by atoms with Crippen LogP contribution in [0.5, 0.6) is 5.75 Å². The number of rotatable bonds is 3. The van der Waals surface area contributed by atoms with E-state index < -0.39 is 11.9 Å². The molecule has 2 aromatic rings. The van der Waals surface area contributed by atoms with E-state index in [0.717, 1.165) is 0 Å². The van der Waals surface area contributed by atoms with E-state index in [4.69, 9.17) is 16.2 Å². The van der Waals surface area contributed by atoms with Crippen LogP contribution in [0.4, 0.5) is 11.4 Å². The van der Waals surface area contributed by atoms with Crippen LogP contribution in [0.15, 0.2) is 18.2 Å². The summed E-state index contributed by atoms with van der Waals surface area (Å²) in [4.78, 5) is 22.6. The van der Waals surface area contributed by atoms with Gasteiger partial charge in [0.15, 0.2) is 0 Å². The highest BCUT2D eigenvalue weighted by Crippen LogP contribution is 2.38. The molecule has 0 saturated heterocycles. The third kappa shape index (κ3) is 1.85. The minimum Gasteiger partial charge on any atom is -0.495 e. The molecular weight excluding hydrogens is 264 g/mol. The molecule has 20 heavy (non-hydrogen) atoms. The standard InChI is InChI=1S/C13H12N2O5/c1-20-8-4-6(13(18)19)9-5(12(16)17)2-3-7(14)10(9)11(8)15/h2-4H,14-15H2,1H3,(H,16,17)(H,18,19).